The van der Waals surface area contributed by atoms with E-state index in [4.69, 9.17) is 15.2 Å². The van der Waals surface area contributed by atoms with E-state index in [1.165, 1.54) is 11.3 Å². The van der Waals surface area contributed by atoms with Crippen LogP contribution < -0.4 is 16.6 Å². The summed E-state index contributed by atoms with van der Waals surface area (Å²) in [5.74, 6) is -1.33. The fraction of sp³-hybridized carbons (Fsp3) is 0.458. The maximum atomic E-state index is 12.9. The number of nitrogens with two attached hydrogens (primary N) is 1. The van der Waals surface area contributed by atoms with Gasteiger partial charge in [0.25, 0.3) is 11.5 Å². The lowest BCUT2D eigenvalue weighted by Crippen LogP contribution is -2.42. The maximum Gasteiger partial charge on any atom is 0.328 e. The molecule has 0 aliphatic carbocycles. The van der Waals surface area contributed by atoms with Crippen molar-refractivity contribution < 1.29 is 23.9 Å². The molecule has 0 fully saturated rings. The van der Waals surface area contributed by atoms with Crippen molar-refractivity contribution >= 4 is 46.2 Å². The number of anilines is 1. The van der Waals surface area contributed by atoms with E-state index in [0.717, 1.165) is 24.1 Å². The number of unbranched alkanes of at least 4 members (excludes halogenated alkanes) is 1. The summed E-state index contributed by atoms with van der Waals surface area (Å²) in [4.78, 5) is 58.7. The number of esters is 2. The molecule has 0 aliphatic rings. The van der Waals surface area contributed by atoms with E-state index in [1.807, 2.05) is 5.38 Å². The first kappa shape index (κ1) is 26.9. The topological polar surface area (TPSA) is 169 Å². The van der Waals surface area contributed by atoms with E-state index in [9.17, 15) is 19.2 Å². The highest BCUT2D eigenvalue weighted by Crippen LogP contribution is 2.19. The molecule has 1 atom stereocenters. The molecule has 3 aromatic rings. The lowest BCUT2D eigenvalue weighted by Gasteiger charge is -2.17. The number of ether oxygens (including phenoxy) is 2. The number of nitrogens with one attached hydrogen (secondary N) is 3. The number of aromatic amines is 2. The van der Waals surface area contributed by atoms with Crippen LogP contribution in [0, 0.1) is 0 Å². The van der Waals surface area contributed by atoms with Crippen molar-refractivity contribution in [3.05, 3.63) is 44.0 Å². The standard InChI is InChI=1S/C24H31N5O6S/c1-3-34-19(30)10-9-18(23(33)35-4-2)27-22(32)17-13-36-12-14(17)7-5-6-8-15-11-16-20(26-15)28-24(25)29-21(16)31/h11-13,18H,3-10H2,1-2H3,(H,27,32)(H4,25,26,28,29,31)/t18-/m0/s1. The molecule has 3 rings (SSSR count). The van der Waals surface area contributed by atoms with Gasteiger partial charge in [-0.3, -0.25) is 19.4 Å². The largest absolute Gasteiger partial charge is 0.466 e. The highest BCUT2D eigenvalue weighted by Gasteiger charge is 2.25. The van der Waals surface area contributed by atoms with Crippen LogP contribution in [0.15, 0.2) is 21.6 Å². The number of rotatable bonds is 13. The average molecular weight is 518 g/mol. The Hall–Kier alpha value is -3.67. The molecule has 194 valence electrons. The molecule has 0 saturated carbocycles. The van der Waals surface area contributed by atoms with Gasteiger partial charge in [-0.05, 0) is 63.0 Å². The van der Waals surface area contributed by atoms with E-state index in [0.29, 0.717) is 29.4 Å². The third-order valence-electron chi connectivity index (χ3n) is 5.52. The second kappa shape index (κ2) is 12.9. The van der Waals surface area contributed by atoms with Crippen molar-refractivity contribution in [2.45, 2.75) is 58.4 Å². The van der Waals surface area contributed by atoms with Crippen LogP contribution in [0.5, 0.6) is 0 Å². The van der Waals surface area contributed by atoms with Crippen LogP contribution in [-0.4, -0.2) is 52.1 Å². The Morgan fingerprint density at radius 2 is 1.86 bits per heavy atom. The van der Waals surface area contributed by atoms with Gasteiger partial charge in [-0.25, -0.2) is 4.79 Å². The number of carbonyl (C=O) groups excluding carboxylic acids is 3. The van der Waals surface area contributed by atoms with Gasteiger partial charge in [0.05, 0.1) is 24.2 Å². The highest BCUT2D eigenvalue weighted by molar-refractivity contribution is 7.08. The number of nitrogen functional groups attached to an aromatic ring is 1. The molecular weight excluding hydrogens is 486 g/mol. The molecule has 36 heavy (non-hydrogen) atoms. The van der Waals surface area contributed by atoms with Crippen LogP contribution in [-0.2, 0) is 31.9 Å². The van der Waals surface area contributed by atoms with Crippen LogP contribution in [0.1, 0.15) is 61.1 Å². The number of thiophene rings is 1. The number of H-pyrrole nitrogens is 2. The van der Waals surface area contributed by atoms with Gasteiger partial charge < -0.3 is 25.5 Å². The Bertz CT molecular complexity index is 1260. The summed E-state index contributed by atoms with van der Waals surface area (Å²) in [7, 11) is 0. The van der Waals surface area contributed by atoms with Gasteiger partial charge in [-0.1, -0.05) is 0 Å². The van der Waals surface area contributed by atoms with Crippen molar-refractivity contribution in [1.82, 2.24) is 20.3 Å². The summed E-state index contributed by atoms with van der Waals surface area (Å²) >= 11 is 1.41. The first-order valence-electron chi connectivity index (χ1n) is 11.9. The predicted molar refractivity (Wildman–Crippen MR) is 136 cm³/mol. The fourth-order valence-corrected chi connectivity index (χ4v) is 4.67. The second-order valence-corrected chi connectivity index (χ2v) is 8.89. The molecule has 3 aromatic heterocycles. The second-order valence-electron chi connectivity index (χ2n) is 8.15. The summed E-state index contributed by atoms with van der Waals surface area (Å²) in [6.45, 7) is 3.80. The van der Waals surface area contributed by atoms with Gasteiger partial charge in [0.15, 0.2) is 0 Å². The van der Waals surface area contributed by atoms with Gasteiger partial charge in [0, 0.05) is 17.5 Å². The Balaban J connectivity index is 1.56. The van der Waals surface area contributed by atoms with Crippen LogP contribution in [0.4, 0.5) is 5.95 Å². The molecule has 0 spiro atoms. The minimum atomic E-state index is -0.942. The van der Waals surface area contributed by atoms with Gasteiger partial charge in [-0.15, -0.1) is 0 Å². The summed E-state index contributed by atoms with van der Waals surface area (Å²) in [6.07, 6.45) is 3.10. The van der Waals surface area contributed by atoms with Crippen LogP contribution in [0.25, 0.3) is 11.0 Å². The molecule has 1 amide bonds. The number of carbonyl (C=O) groups is 3. The van der Waals surface area contributed by atoms with E-state index in [2.05, 4.69) is 20.3 Å². The van der Waals surface area contributed by atoms with Crippen molar-refractivity contribution in [3.8, 4) is 0 Å². The molecular formula is C24H31N5O6S. The zero-order valence-electron chi connectivity index (χ0n) is 20.3. The minimum absolute atomic E-state index is 0.00414. The van der Waals surface area contributed by atoms with E-state index >= 15 is 0 Å². The molecule has 0 unspecified atom stereocenters. The lowest BCUT2D eigenvalue weighted by molar-refractivity contribution is -0.146. The molecule has 0 aromatic carbocycles. The van der Waals surface area contributed by atoms with Crippen molar-refractivity contribution in [1.29, 1.82) is 0 Å². The van der Waals surface area contributed by atoms with Crippen LogP contribution in [0.2, 0.25) is 0 Å². The molecule has 0 bridgehead atoms. The Morgan fingerprint density at radius 3 is 2.61 bits per heavy atom. The highest BCUT2D eigenvalue weighted by atomic mass is 32.1. The van der Waals surface area contributed by atoms with Crippen molar-refractivity contribution in [2.24, 2.45) is 0 Å². The molecule has 0 saturated heterocycles. The Labute approximate surface area is 211 Å². The fourth-order valence-electron chi connectivity index (χ4n) is 3.80. The quantitative estimate of drug-likeness (QED) is 0.198. The van der Waals surface area contributed by atoms with E-state index in [1.54, 1.807) is 25.3 Å². The Kier molecular flexibility index (Phi) is 9.62. The minimum Gasteiger partial charge on any atom is -0.466 e. The first-order chi connectivity index (χ1) is 17.3. The van der Waals surface area contributed by atoms with Crippen molar-refractivity contribution in [3.63, 3.8) is 0 Å². The maximum absolute atomic E-state index is 12.9. The van der Waals surface area contributed by atoms with Gasteiger partial charge in [0.1, 0.15) is 11.7 Å². The summed E-state index contributed by atoms with van der Waals surface area (Å²) in [6, 6.07) is 0.831. The normalized spacial score (nSPS) is 11.8. The smallest absolute Gasteiger partial charge is 0.328 e. The zero-order valence-corrected chi connectivity index (χ0v) is 21.2. The zero-order chi connectivity index (χ0) is 26.1. The first-order valence-corrected chi connectivity index (χ1v) is 12.8. The lowest BCUT2D eigenvalue weighted by atomic mass is 10.0. The van der Waals surface area contributed by atoms with Crippen LogP contribution >= 0.6 is 11.3 Å². The number of fused-ring (bicyclic) bond motifs is 1. The number of aromatic nitrogens is 3. The third-order valence-corrected chi connectivity index (χ3v) is 6.31. The molecule has 3 heterocycles. The summed E-state index contributed by atoms with van der Waals surface area (Å²) in [5, 5.41) is 6.85. The van der Waals surface area contributed by atoms with Gasteiger partial charge in [0.2, 0.25) is 5.95 Å². The number of aryl methyl sites for hydroxylation is 2. The SMILES string of the molecule is CCOC(=O)CC[C@H](NC(=O)c1cscc1CCCCc1cc2c(=O)[nH]c(N)nc2[nH]1)C(=O)OCC. The van der Waals surface area contributed by atoms with Crippen LogP contribution in [0.3, 0.4) is 0 Å². The Morgan fingerprint density at radius 1 is 1.11 bits per heavy atom. The van der Waals surface area contributed by atoms with E-state index in [-0.39, 0.29) is 43.5 Å². The predicted octanol–water partition coefficient (Wildman–Crippen LogP) is 2.47. The molecule has 0 radical (unpaired) electrons. The number of amides is 1. The summed E-state index contributed by atoms with van der Waals surface area (Å²) < 4.78 is 9.98. The number of hydrogen-bond acceptors (Lipinski definition) is 9. The monoisotopic (exact) mass is 517 g/mol. The van der Waals surface area contributed by atoms with Gasteiger partial charge >= 0.3 is 11.9 Å². The molecule has 5 N–H and O–H groups in total. The average Bonchev–Trinajstić information content (AvgIpc) is 3.46. The van der Waals surface area contributed by atoms with Crippen molar-refractivity contribution in [2.75, 3.05) is 18.9 Å². The van der Waals surface area contributed by atoms with Gasteiger partial charge in [-0.2, -0.15) is 16.3 Å². The molecule has 11 nitrogen and oxygen atoms in total. The molecule has 12 heteroatoms. The number of nitrogens with zero attached hydrogens (tertiary/aromatic N) is 1. The van der Waals surface area contributed by atoms with E-state index < -0.39 is 18.0 Å². The third kappa shape index (κ3) is 7.17. The molecule has 0 aliphatic heterocycles. The summed E-state index contributed by atoms with van der Waals surface area (Å²) in [5.41, 5.74) is 8.04. The number of hydrogen-bond donors (Lipinski definition) is 4.